The van der Waals surface area contributed by atoms with Crippen LogP contribution in [-0.4, -0.2) is 37.0 Å². The summed E-state index contributed by atoms with van der Waals surface area (Å²) in [6, 6.07) is 3.50. The molecule has 0 radical (unpaired) electrons. The molecule has 3 nitrogen and oxygen atoms in total. The molecule has 104 valence electrons. The number of nitrogens with one attached hydrogen (secondary N) is 1. The Bertz CT molecular complexity index is 461. The monoisotopic (exact) mass is 328 g/mol. The molecule has 1 heterocycles. The van der Waals surface area contributed by atoms with Crippen LogP contribution >= 0.6 is 15.9 Å². The maximum atomic E-state index is 13.7. The largest absolute Gasteiger partial charge is 0.339 e. The molecule has 1 aromatic carbocycles. The van der Waals surface area contributed by atoms with E-state index in [1.165, 1.54) is 6.07 Å². The van der Waals surface area contributed by atoms with E-state index in [9.17, 15) is 9.18 Å². The number of benzene rings is 1. The van der Waals surface area contributed by atoms with Crippen molar-refractivity contribution in [2.75, 3.05) is 20.1 Å². The van der Waals surface area contributed by atoms with Gasteiger partial charge in [-0.05, 0) is 44.5 Å². The molecule has 0 atom stereocenters. The van der Waals surface area contributed by atoms with E-state index in [2.05, 4.69) is 21.2 Å². The molecule has 0 aromatic heterocycles. The summed E-state index contributed by atoms with van der Waals surface area (Å²) in [6.45, 7) is 3.13. The second-order valence-corrected chi connectivity index (χ2v) is 5.77. The summed E-state index contributed by atoms with van der Waals surface area (Å²) in [5.74, 6) is -0.433. The van der Waals surface area contributed by atoms with Crippen molar-refractivity contribution in [3.05, 3.63) is 33.5 Å². The molecule has 1 aromatic rings. The molecule has 19 heavy (non-hydrogen) atoms. The number of nitrogens with zero attached hydrogens (tertiary/aromatic N) is 1. The molecule has 0 aliphatic carbocycles. The first kappa shape index (κ1) is 14.5. The SMILES string of the molecule is CNC1CCN(C(=O)c2cc(F)c(C)c(Br)c2)CC1. The summed E-state index contributed by atoms with van der Waals surface area (Å²) in [5.41, 5.74) is 0.948. The van der Waals surface area contributed by atoms with E-state index < -0.39 is 0 Å². The third-order valence-corrected chi connectivity index (χ3v) is 4.54. The van der Waals surface area contributed by atoms with Gasteiger partial charge in [0.25, 0.3) is 5.91 Å². The van der Waals surface area contributed by atoms with Gasteiger partial charge in [0.15, 0.2) is 0 Å². The van der Waals surface area contributed by atoms with Crippen LogP contribution in [0.25, 0.3) is 0 Å². The molecule has 0 saturated carbocycles. The molecule has 1 saturated heterocycles. The quantitative estimate of drug-likeness (QED) is 0.905. The van der Waals surface area contributed by atoms with Gasteiger partial charge in [0.2, 0.25) is 0 Å². The summed E-state index contributed by atoms with van der Waals surface area (Å²) < 4.78 is 14.3. The Balaban J connectivity index is 2.12. The lowest BCUT2D eigenvalue weighted by Crippen LogP contribution is -2.44. The molecule has 5 heteroatoms. The minimum atomic E-state index is -0.345. The molecule has 0 spiro atoms. The van der Waals surface area contributed by atoms with Crippen molar-refractivity contribution in [3.8, 4) is 0 Å². The molecule has 1 aliphatic rings. The van der Waals surface area contributed by atoms with E-state index in [1.54, 1.807) is 17.9 Å². The standard InChI is InChI=1S/C14H18BrFN2O/c1-9-12(15)7-10(8-13(9)16)14(19)18-5-3-11(17-2)4-6-18/h7-8,11,17H,3-6H2,1-2H3. The van der Waals surface area contributed by atoms with Gasteiger partial charge in [-0.3, -0.25) is 4.79 Å². The fourth-order valence-corrected chi connectivity index (χ4v) is 2.76. The number of likely N-dealkylation sites (tertiary alicyclic amines) is 1. The smallest absolute Gasteiger partial charge is 0.253 e. The van der Waals surface area contributed by atoms with Gasteiger partial charge in [0.1, 0.15) is 5.82 Å². The van der Waals surface area contributed by atoms with Gasteiger partial charge in [-0.15, -0.1) is 0 Å². The number of hydrogen-bond acceptors (Lipinski definition) is 2. The van der Waals surface area contributed by atoms with Gasteiger partial charge >= 0.3 is 0 Å². The zero-order valence-electron chi connectivity index (χ0n) is 11.2. The molecule has 1 N–H and O–H groups in total. The van der Waals surface area contributed by atoms with Crippen molar-refractivity contribution in [2.24, 2.45) is 0 Å². The molecule has 0 unspecified atom stereocenters. The van der Waals surface area contributed by atoms with Crippen molar-refractivity contribution >= 4 is 21.8 Å². The van der Waals surface area contributed by atoms with Gasteiger partial charge in [0.05, 0.1) is 0 Å². The molecular weight excluding hydrogens is 311 g/mol. The van der Waals surface area contributed by atoms with Crippen LogP contribution in [0.4, 0.5) is 4.39 Å². The zero-order valence-corrected chi connectivity index (χ0v) is 12.8. The van der Waals surface area contributed by atoms with E-state index in [0.29, 0.717) is 21.6 Å². The first-order valence-electron chi connectivity index (χ1n) is 6.45. The predicted octanol–water partition coefficient (Wildman–Crippen LogP) is 2.72. The fraction of sp³-hybridized carbons (Fsp3) is 0.500. The van der Waals surface area contributed by atoms with Crippen molar-refractivity contribution in [2.45, 2.75) is 25.8 Å². The van der Waals surface area contributed by atoms with Crippen molar-refractivity contribution < 1.29 is 9.18 Å². The second kappa shape index (κ2) is 6.01. The average Bonchev–Trinajstić information content (AvgIpc) is 2.43. The number of amides is 1. The maximum Gasteiger partial charge on any atom is 0.253 e. The summed E-state index contributed by atoms with van der Waals surface area (Å²) >= 11 is 3.29. The highest BCUT2D eigenvalue weighted by Crippen LogP contribution is 2.23. The Morgan fingerprint density at radius 2 is 2.05 bits per heavy atom. The van der Waals surface area contributed by atoms with Crippen LogP contribution in [0.5, 0.6) is 0 Å². The Hall–Kier alpha value is -0.940. The number of hydrogen-bond donors (Lipinski definition) is 1. The van der Waals surface area contributed by atoms with Gasteiger partial charge in [-0.1, -0.05) is 15.9 Å². The zero-order chi connectivity index (χ0) is 14.0. The van der Waals surface area contributed by atoms with Crippen LogP contribution in [0.2, 0.25) is 0 Å². The molecular formula is C14H18BrFN2O. The van der Waals surface area contributed by atoms with Gasteiger partial charge in [-0.2, -0.15) is 0 Å². The summed E-state index contributed by atoms with van der Waals surface area (Å²) in [6.07, 6.45) is 1.88. The van der Waals surface area contributed by atoms with Crippen LogP contribution in [0.3, 0.4) is 0 Å². The topological polar surface area (TPSA) is 32.3 Å². The van der Waals surface area contributed by atoms with Gasteiger partial charge < -0.3 is 10.2 Å². The third kappa shape index (κ3) is 3.15. The van der Waals surface area contributed by atoms with E-state index >= 15 is 0 Å². The predicted molar refractivity (Wildman–Crippen MR) is 76.8 cm³/mol. The molecule has 1 amide bonds. The Kier molecular flexibility index (Phi) is 4.58. The van der Waals surface area contributed by atoms with Crippen molar-refractivity contribution in [3.63, 3.8) is 0 Å². The van der Waals surface area contributed by atoms with Crippen LogP contribution in [-0.2, 0) is 0 Å². The molecule has 1 aliphatic heterocycles. The highest BCUT2D eigenvalue weighted by molar-refractivity contribution is 9.10. The van der Waals surface area contributed by atoms with Crippen molar-refractivity contribution in [1.29, 1.82) is 0 Å². The first-order valence-corrected chi connectivity index (χ1v) is 7.24. The highest BCUT2D eigenvalue weighted by Gasteiger charge is 2.23. The van der Waals surface area contributed by atoms with Gasteiger partial charge in [0, 0.05) is 29.2 Å². The van der Waals surface area contributed by atoms with Crippen molar-refractivity contribution in [1.82, 2.24) is 10.2 Å². The summed E-state index contributed by atoms with van der Waals surface area (Å²) in [7, 11) is 1.94. The number of carbonyl (C=O) groups excluding carboxylic acids is 1. The lowest BCUT2D eigenvalue weighted by atomic mass is 10.0. The normalized spacial score (nSPS) is 16.7. The fourth-order valence-electron chi connectivity index (χ4n) is 2.32. The van der Waals surface area contributed by atoms with Gasteiger partial charge in [-0.25, -0.2) is 4.39 Å². The minimum absolute atomic E-state index is 0.0887. The Morgan fingerprint density at radius 1 is 1.42 bits per heavy atom. The highest BCUT2D eigenvalue weighted by atomic mass is 79.9. The van der Waals surface area contributed by atoms with Crippen LogP contribution in [0.15, 0.2) is 16.6 Å². The van der Waals surface area contributed by atoms with E-state index in [4.69, 9.17) is 0 Å². The number of rotatable bonds is 2. The lowest BCUT2D eigenvalue weighted by Gasteiger charge is -2.32. The summed E-state index contributed by atoms with van der Waals surface area (Å²) in [5, 5.41) is 3.22. The molecule has 0 bridgehead atoms. The van der Waals surface area contributed by atoms with Crippen LogP contribution in [0, 0.1) is 12.7 Å². The van der Waals surface area contributed by atoms with Crippen LogP contribution < -0.4 is 5.32 Å². The number of carbonyl (C=O) groups is 1. The number of piperidine rings is 1. The second-order valence-electron chi connectivity index (χ2n) is 4.92. The van der Waals surface area contributed by atoms with Crippen LogP contribution in [0.1, 0.15) is 28.8 Å². The Morgan fingerprint density at radius 3 is 2.58 bits per heavy atom. The van der Waals surface area contributed by atoms with E-state index in [-0.39, 0.29) is 11.7 Å². The number of halogens is 2. The van der Waals surface area contributed by atoms with E-state index in [0.717, 1.165) is 25.9 Å². The summed E-state index contributed by atoms with van der Waals surface area (Å²) in [4.78, 5) is 14.1. The van der Waals surface area contributed by atoms with E-state index in [1.807, 2.05) is 7.05 Å². The average molecular weight is 329 g/mol. The minimum Gasteiger partial charge on any atom is -0.339 e. The molecule has 1 fully saturated rings. The Labute approximate surface area is 121 Å². The first-order chi connectivity index (χ1) is 9.02. The lowest BCUT2D eigenvalue weighted by molar-refractivity contribution is 0.0706. The third-order valence-electron chi connectivity index (χ3n) is 3.72. The molecule has 2 rings (SSSR count). The maximum absolute atomic E-state index is 13.7.